The van der Waals surface area contributed by atoms with Gasteiger partial charge in [-0.3, -0.25) is 9.79 Å². The van der Waals surface area contributed by atoms with Gasteiger partial charge in [-0.1, -0.05) is 18.2 Å². The summed E-state index contributed by atoms with van der Waals surface area (Å²) in [7, 11) is 0. The van der Waals surface area contributed by atoms with Crippen molar-refractivity contribution in [2.24, 2.45) is 4.99 Å². The molecule has 1 rings (SSSR count). The zero-order valence-electron chi connectivity index (χ0n) is 13.9. The number of carbonyl (C=O) groups is 1. The minimum Gasteiger partial charge on any atom is -0.466 e. The normalized spacial score (nSPS) is 11.2. The Morgan fingerprint density at radius 2 is 2.04 bits per heavy atom. The first kappa shape index (κ1) is 18.9. The van der Waals surface area contributed by atoms with E-state index in [1.807, 2.05) is 13.0 Å². The van der Waals surface area contributed by atoms with Crippen LogP contribution in [0.15, 0.2) is 29.3 Å². The molecular weight excluding hydrogens is 297 g/mol. The number of esters is 1. The quantitative estimate of drug-likeness (QED) is 0.317. The van der Waals surface area contributed by atoms with E-state index >= 15 is 0 Å². The summed E-state index contributed by atoms with van der Waals surface area (Å²) in [5, 5.41) is 6.29. The van der Waals surface area contributed by atoms with Gasteiger partial charge in [0.15, 0.2) is 5.96 Å². The molecule has 0 unspecified atom stereocenters. The SMILES string of the molecule is CCNC(=NCCCC(=O)OCC)NCCc1ccccc1F. The molecule has 0 saturated heterocycles. The Morgan fingerprint density at radius 1 is 1.26 bits per heavy atom. The fourth-order valence-corrected chi connectivity index (χ4v) is 2.01. The second-order valence-corrected chi connectivity index (χ2v) is 4.94. The molecule has 0 spiro atoms. The van der Waals surface area contributed by atoms with E-state index in [-0.39, 0.29) is 11.8 Å². The van der Waals surface area contributed by atoms with Crippen LogP contribution < -0.4 is 10.6 Å². The third kappa shape index (κ3) is 8.18. The van der Waals surface area contributed by atoms with Crippen molar-refractivity contribution in [3.8, 4) is 0 Å². The second-order valence-electron chi connectivity index (χ2n) is 4.94. The van der Waals surface area contributed by atoms with Crippen LogP contribution in [0.25, 0.3) is 0 Å². The smallest absolute Gasteiger partial charge is 0.305 e. The molecule has 2 N–H and O–H groups in total. The molecule has 1 aromatic rings. The van der Waals surface area contributed by atoms with Gasteiger partial charge < -0.3 is 15.4 Å². The molecule has 0 aliphatic heterocycles. The lowest BCUT2D eigenvalue weighted by Gasteiger charge is -2.11. The van der Waals surface area contributed by atoms with Crippen molar-refractivity contribution >= 4 is 11.9 Å². The number of carbonyl (C=O) groups excluding carboxylic acids is 1. The van der Waals surface area contributed by atoms with Gasteiger partial charge in [0.1, 0.15) is 5.82 Å². The van der Waals surface area contributed by atoms with Crippen LogP contribution in [0.4, 0.5) is 4.39 Å². The van der Waals surface area contributed by atoms with E-state index in [0.29, 0.717) is 50.5 Å². The van der Waals surface area contributed by atoms with Gasteiger partial charge in [0.05, 0.1) is 6.61 Å². The fourth-order valence-electron chi connectivity index (χ4n) is 2.01. The Hall–Kier alpha value is -2.11. The van der Waals surface area contributed by atoms with Crippen molar-refractivity contribution < 1.29 is 13.9 Å². The molecule has 6 heteroatoms. The van der Waals surface area contributed by atoms with Crippen LogP contribution in [0.3, 0.4) is 0 Å². The van der Waals surface area contributed by atoms with Crippen LogP contribution in [0.2, 0.25) is 0 Å². The highest BCUT2D eigenvalue weighted by atomic mass is 19.1. The lowest BCUT2D eigenvalue weighted by molar-refractivity contribution is -0.143. The number of benzene rings is 1. The number of guanidine groups is 1. The summed E-state index contributed by atoms with van der Waals surface area (Å²) >= 11 is 0. The van der Waals surface area contributed by atoms with Gasteiger partial charge in [0.25, 0.3) is 0 Å². The Balaban J connectivity index is 2.34. The van der Waals surface area contributed by atoms with Crippen LogP contribution >= 0.6 is 0 Å². The third-order valence-electron chi connectivity index (χ3n) is 3.10. The van der Waals surface area contributed by atoms with E-state index in [9.17, 15) is 9.18 Å². The van der Waals surface area contributed by atoms with E-state index in [1.165, 1.54) is 6.07 Å². The molecule has 128 valence electrons. The van der Waals surface area contributed by atoms with E-state index in [4.69, 9.17) is 4.74 Å². The molecule has 0 aliphatic rings. The van der Waals surface area contributed by atoms with Crippen molar-refractivity contribution in [3.63, 3.8) is 0 Å². The van der Waals surface area contributed by atoms with Crippen molar-refractivity contribution in [1.29, 1.82) is 0 Å². The van der Waals surface area contributed by atoms with Crippen molar-refractivity contribution in [2.45, 2.75) is 33.1 Å². The molecule has 1 aromatic carbocycles. The number of hydrogen-bond donors (Lipinski definition) is 2. The number of aliphatic imine (C=N–C) groups is 1. The van der Waals surface area contributed by atoms with Crippen molar-refractivity contribution in [2.75, 3.05) is 26.2 Å². The molecule has 0 heterocycles. The van der Waals surface area contributed by atoms with Crippen molar-refractivity contribution in [3.05, 3.63) is 35.6 Å². The van der Waals surface area contributed by atoms with Crippen molar-refractivity contribution in [1.82, 2.24) is 10.6 Å². The number of ether oxygens (including phenoxy) is 1. The summed E-state index contributed by atoms with van der Waals surface area (Å²) < 4.78 is 18.4. The van der Waals surface area contributed by atoms with Gasteiger partial charge >= 0.3 is 5.97 Å². The van der Waals surface area contributed by atoms with E-state index in [2.05, 4.69) is 15.6 Å². The summed E-state index contributed by atoms with van der Waals surface area (Å²) in [6.07, 6.45) is 1.59. The van der Waals surface area contributed by atoms with Gasteiger partial charge in [-0.05, 0) is 38.3 Å². The highest BCUT2D eigenvalue weighted by molar-refractivity contribution is 5.79. The molecule has 0 fully saturated rings. The monoisotopic (exact) mass is 323 g/mol. The molecule has 0 radical (unpaired) electrons. The average molecular weight is 323 g/mol. The first-order chi connectivity index (χ1) is 11.2. The first-order valence-electron chi connectivity index (χ1n) is 8.08. The predicted octanol–water partition coefficient (Wildman–Crippen LogP) is 2.27. The summed E-state index contributed by atoms with van der Waals surface area (Å²) in [5.74, 6) is 0.290. The topological polar surface area (TPSA) is 62.7 Å². The first-order valence-corrected chi connectivity index (χ1v) is 8.08. The molecule has 0 atom stereocenters. The molecule has 0 saturated carbocycles. The highest BCUT2D eigenvalue weighted by Gasteiger charge is 2.03. The molecule has 0 amide bonds. The summed E-state index contributed by atoms with van der Waals surface area (Å²) in [6.45, 7) is 6.04. The Kier molecular flexibility index (Phi) is 9.43. The van der Waals surface area contributed by atoms with Gasteiger partial charge in [-0.2, -0.15) is 0 Å². The predicted molar refractivity (Wildman–Crippen MR) is 90.0 cm³/mol. The zero-order chi connectivity index (χ0) is 16.9. The highest BCUT2D eigenvalue weighted by Crippen LogP contribution is 2.06. The number of halogens is 1. The van der Waals surface area contributed by atoms with Crippen LogP contribution in [0.1, 0.15) is 32.3 Å². The lowest BCUT2D eigenvalue weighted by Crippen LogP contribution is -2.38. The van der Waals surface area contributed by atoms with Crippen LogP contribution in [0.5, 0.6) is 0 Å². The molecule has 0 bridgehead atoms. The fraction of sp³-hybridized carbons (Fsp3) is 0.529. The Labute approximate surface area is 137 Å². The maximum Gasteiger partial charge on any atom is 0.305 e. The Morgan fingerprint density at radius 3 is 2.74 bits per heavy atom. The van der Waals surface area contributed by atoms with Crippen LogP contribution in [-0.4, -0.2) is 38.2 Å². The van der Waals surface area contributed by atoms with E-state index < -0.39 is 0 Å². The molecular formula is C17H26FN3O2. The largest absolute Gasteiger partial charge is 0.466 e. The zero-order valence-corrected chi connectivity index (χ0v) is 13.9. The van der Waals surface area contributed by atoms with Gasteiger partial charge in [0.2, 0.25) is 0 Å². The number of nitrogens with one attached hydrogen (secondary N) is 2. The number of nitrogens with zero attached hydrogens (tertiary/aromatic N) is 1. The second kappa shape index (κ2) is 11.5. The molecule has 23 heavy (non-hydrogen) atoms. The molecule has 0 aliphatic carbocycles. The maximum atomic E-state index is 13.5. The molecule has 5 nitrogen and oxygen atoms in total. The lowest BCUT2D eigenvalue weighted by atomic mass is 10.1. The van der Waals surface area contributed by atoms with E-state index in [1.54, 1.807) is 19.1 Å². The van der Waals surface area contributed by atoms with Crippen LogP contribution in [-0.2, 0) is 16.0 Å². The molecule has 0 aromatic heterocycles. The van der Waals surface area contributed by atoms with E-state index in [0.717, 1.165) is 6.54 Å². The van der Waals surface area contributed by atoms with Gasteiger partial charge in [-0.25, -0.2) is 4.39 Å². The standard InChI is InChI=1S/C17H26FN3O2/c1-3-19-17(20-12-7-10-16(22)23-4-2)21-13-11-14-8-5-6-9-15(14)18/h5-6,8-9H,3-4,7,10-13H2,1-2H3,(H2,19,20,21). The van der Waals surface area contributed by atoms with Gasteiger partial charge in [-0.15, -0.1) is 0 Å². The summed E-state index contributed by atoms with van der Waals surface area (Å²) in [6, 6.07) is 6.75. The maximum absolute atomic E-state index is 13.5. The van der Waals surface area contributed by atoms with Gasteiger partial charge in [0, 0.05) is 26.1 Å². The summed E-state index contributed by atoms with van der Waals surface area (Å²) in [4.78, 5) is 15.6. The Bertz CT molecular complexity index is 506. The number of hydrogen-bond acceptors (Lipinski definition) is 3. The minimum absolute atomic E-state index is 0.189. The third-order valence-corrected chi connectivity index (χ3v) is 3.10. The number of rotatable bonds is 9. The minimum atomic E-state index is -0.194. The average Bonchev–Trinajstić information content (AvgIpc) is 2.53. The summed E-state index contributed by atoms with van der Waals surface area (Å²) in [5.41, 5.74) is 0.679. The van der Waals surface area contributed by atoms with Crippen LogP contribution in [0, 0.1) is 5.82 Å².